The number of thiazole rings is 1. The first-order chi connectivity index (χ1) is 8.97. The standard InChI is InChI=1S/C15H15BrN2S/c1-15(2,3)11-6-4-10(5-7-11)12-13(16)18-8-9-19-14(18)17-12/h4-9H,1-3H3. The van der Waals surface area contributed by atoms with Crippen LogP contribution in [0.4, 0.5) is 0 Å². The molecular weight excluding hydrogens is 320 g/mol. The van der Waals surface area contributed by atoms with E-state index < -0.39 is 0 Å². The third kappa shape index (κ3) is 2.23. The van der Waals surface area contributed by atoms with Crippen molar-refractivity contribution in [3.05, 3.63) is 46.0 Å². The quantitative estimate of drug-likeness (QED) is 0.603. The number of benzene rings is 1. The van der Waals surface area contributed by atoms with E-state index in [0.29, 0.717) is 0 Å². The second-order valence-electron chi connectivity index (χ2n) is 5.63. The summed E-state index contributed by atoms with van der Waals surface area (Å²) in [5, 5.41) is 2.04. The number of hydrogen-bond acceptors (Lipinski definition) is 2. The summed E-state index contributed by atoms with van der Waals surface area (Å²) in [7, 11) is 0. The zero-order chi connectivity index (χ0) is 13.6. The Kier molecular flexibility index (Phi) is 3.02. The van der Waals surface area contributed by atoms with Gasteiger partial charge in [0.2, 0.25) is 0 Å². The van der Waals surface area contributed by atoms with Crippen LogP contribution in [-0.2, 0) is 5.41 Å². The van der Waals surface area contributed by atoms with E-state index in [2.05, 4.69) is 70.4 Å². The highest BCUT2D eigenvalue weighted by Crippen LogP contribution is 2.32. The lowest BCUT2D eigenvalue weighted by Gasteiger charge is -2.18. The van der Waals surface area contributed by atoms with Gasteiger partial charge in [0.1, 0.15) is 10.3 Å². The molecule has 0 amide bonds. The molecule has 0 aliphatic carbocycles. The summed E-state index contributed by atoms with van der Waals surface area (Å²) in [5.41, 5.74) is 3.68. The number of hydrogen-bond donors (Lipinski definition) is 0. The van der Waals surface area contributed by atoms with Gasteiger partial charge in [0.15, 0.2) is 4.96 Å². The van der Waals surface area contributed by atoms with E-state index in [-0.39, 0.29) is 5.41 Å². The number of rotatable bonds is 1. The van der Waals surface area contributed by atoms with E-state index in [0.717, 1.165) is 20.8 Å². The predicted molar refractivity (Wildman–Crippen MR) is 84.9 cm³/mol. The van der Waals surface area contributed by atoms with Crippen LogP contribution in [0, 0.1) is 0 Å². The number of fused-ring (bicyclic) bond motifs is 1. The molecule has 0 spiro atoms. The lowest BCUT2D eigenvalue weighted by molar-refractivity contribution is 0.590. The van der Waals surface area contributed by atoms with Gasteiger partial charge >= 0.3 is 0 Å². The van der Waals surface area contributed by atoms with E-state index in [4.69, 9.17) is 0 Å². The molecule has 0 unspecified atom stereocenters. The minimum Gasteiger partial charge on any atom is -0.284 e. The molecule has 0 aliphatic heterocycles. The van der Waals surface area contributed by atoms with Crippen molar-refractivity contribution in [2.45, 2.75) is 26.2 Å². The van der Waals surface area contributed by atoms with Crippen molar-refractivity contribution in [3.63, 3.8) is 0 Å². The van der Waals surface area contributed by atoms with Crippen LogP contribution in [-0.4, -0.2) is 9.38 Å². The Bertz CT molecular complexity index is 717. The average Bonchev–Trinajstić information content (AvgIpc) is 2.92. The third-order valence-corrected chi connectivity index (χ3v) is 4.74. The zero-order valence-electron chi connectivity index (χ0n) is 11.1. The summed E-state index contributed by atoms with van der Waals surface area (Å²) < 4.78 is 3.09. The Morgan fingerprint density at radius 3 is 2.42 bits per heavy atom. The maximum absolute atomic E-state index is 4.67. The first kappa shape index (κ1) is 12.9. The maximum atomic E-state index is 4.67. The van der Waals surface area contributed by atoms with Gasteiger partial charge in [-0.05, 0) is 26.9 Å². The second-order valence-corrected chi connectivity index (χ2v) is 7.26. The van der Waals surface area contributed by atoms with Crippen LogP contribution < -0.4 is 0 Å². The molecule has 0 atom stereocenters. The van der Waals surface area contributed by atoms with E-state index in [9.17, 15) is 0 Å². The molecule has 2 nitrogen and oxygen atoms in total. The van der Waals surface area contributed by atoms with Gasteiger partial charge in [-0.25, -0.2) is 4.98 Å². The van der Waals surface area contributed by atoms with Gasteiger partial charge in [-0.3, -0.25) is 4.40 Å². The molecule has 0 saturated carbocycles. The van der Waals surface area contributed by atoms with Crippen LogP contribution in [0.15, 0.2) is 40.4 Å². The Morgan fingerprint density at radius 1 is 1.16 bits per heavy atom. The van der Waals surface area contributed by atoms with Crippen LogP contribution in [0.25, 0.3) is 16.2 Å². The molecule has 98 valence electrons. The molecule has 0 fully saturated rings. The van der Waals surface area contributed by atoms with Gasteiger partial charge in [0.05, 0.1) is 0 Å². The average molecular weight is 335 g/mol. The van der Waals surface area contributed by atoms with Crippen molar-refractivity contribution in [1.29, 1.82) is 0 Å². The molecule has 4 heteroatoms. The third-order valence-electron chi connectivity index (χ3n) is 3.23. The summed E-state index contributed by atoms with van der Waals surface area (Å²) in [5.74, 6) is 0. The van der Waals surface area contributed by atoms with Gasteiger partial charge in [-0.1, -0.05) is 45.0 Å². The Balaban J connectivity index is 2.07. The molecule has 0 saturated heterocycles. The number of halogens is 1. The first-order valence-electron chi connectivity index (χ1n) is 6.19. The summed E-state index contributed by atoms with van der Waals surface area (Å²) in [6, 6.07) is 8.68. The Hall–Kier alpha value is -1.13. The molecule has 0 N–H and O–H groups in total. The van der Waals surface area contributed by atoms with Gasteiger partial charge in [0, 0.05) is 17.1 Å². The minimum absolute atomic E-state index is 0.185. The van der Waals surface area contributed by atoms with E-state index in [1.807, 2.05) is 11.6 Å². The molecule has 2 aromatic heterocycles. The summed E-state index contributed by atoms with van der Waals surface area (Å²) in [6.07, 6.45) is 2.03. The Labute approximate surface area is 125 Å². The highest BCUT2D eigenvalue weighted by molar-refractivity contribution is 9.10. The fourth-order valence-corrected chi connectivity index (χ4v) is 3.51. The fraction of sp³-hybridized carbons (Fsp3) is 0.267. The first-order valence-corrected chi connectivity index (χ1v) is 7.86. The molecule has 0 radical (unpaired) electrons. The van der Waals surface area contributed by atoms with Gasteiger partial charge in [-0.15, -0.1) is 11.3 Å². The smallest absolute Gasteiger partial charge is 0.195 e. The van der Waals surface area contributed by atoms with Gasteiger partial charge < -0.3 is 0 Å². The highest BCUT2D eigenvalue weighted by atomic mass is 79.9. The largest absolute Gasteiger partial charge is 0.284 e. The van der Waals surface area contributed by atoms with Crippen molar-refractivity contribution < 1.29 is 0 Å². The van der Waals surface area contributed by atoms with E-state index >= 15 is 0 Å². The van der Waals surface area contributed by atoms with Crippen molar-refractivity contribution in [3.8, 4) is 11.3 Å². The predicted octanol–water partition coefficient (Wildman–Crippen LogP) is 5.12. The molecule has 1 aromatic carbocycles. The van der Waals surface area contributed by atoms with Gasteiger partial charge in [-0.2, -0.15) is 0 Å². The normalized spacial score (nSPS) is 12.2. The van der Waals surface area contributed by atoms with E-state index in [1.54, 1.807) is 11.3 Å². The fourth-order valence-electron chi connectivity index (χ4n) is 2.07. The second kappa shape index (κ2) is 4.46. The molecule has 19 heavy (non-hydrogen) atoms. The van der Waals surface area contributed by atoms with Crippen LogP contribution in [0.5, 0.6) is 0 Å². The molecule has 0 aliphatic rings. The monoisotopic (exact) mass is 334 g/mol. The number of aromatic nitrogens is 2. The Morgan fingerprint density at radius 2 is 1.84 bits per heavy atom. The molecule has 3 aromatic rings. The van der Waals surface area contributed by atoms with Crippen molar-refractivity contribution in [1.82, 2.24) is 9.38 Å². The summed E-state index contributed by atoms with van der Waals surface area (Å²) >= 11 is 5.28. The summed E-state index contributed by atoms with van der Waals surface area (Å²) in [4.78, 5) is 5.68. The summed E-state index contributed by atoms with van der Waals surface area (Å²) in [6.45, 7) is 6.68. The topological polar surface area (TPSA) is 17.3 Å². The molecular formula is C15H15BrN2S. The molecule has 2 heterocycles. The zero-order valence-corrected chi connectivity index (χ0v) is 13.5. The molecule has 3 rings (SSSR count). The van der Waals surface area contributed by atoms with E-state index in [1.165, 1.54) is 5.56 Å². The maximum Gasteiger partial charge on any atom is 0.195 e. The lowest BCUT2D eigenvalue weighted by atomic mass is 9.86. The van der Waals surface area contributed by atoms with Gasteiger partial charge in [0.25, 0.3) is 0 Å². The van der Waals surface area contributed by atoms with Crippen molar-refractivity contribution in [2.75, 3.05) is 0 Å². The lowest BCUT2D eigenvalue weighted by Crippen LogP contribution is -2.10. The van der Waals surface area contributed by atoms with Crippen LogP contribution >= 0.6 is 27.3 Å². The minimum atomic E-state index is 0.185. The number of nitrogens with zero attached hydrogens (tertiary/aromatic N) is 2. The van der Waals surface area contributed by atoms with Crippen molar-refractivity contribution in [2.24, 2.45) is 0 Å². The van der Waals surface area contributed by atoms with Crippen molar-refractivity contribution >= 4 is 32.2 Å². The number of imidazole rings is 1. The van der Waals surface area contributed by atoms with Crippen LogP contribution in [0.3, 0.4) is 0 Å². The highest BCUT2D eigenvalue weighted by Gasteiger charge is 2.15. The van der Waals surface area contributed by atoms with Crippen LogP contribution in [0.1, 0.15) is 26.3 Å². The molecule has 0 bridgehead atoms. The SMILES string of the molecule is CC(C)(C)c1ccc(-c2nc3sccn3c2Br)cc1. The van der Waals surface area contributed by atoms with Crippen LogP contribution in [0.2, 0.25) is 0 Å².